The maximum absolute atomic E-state index is 13.8. The van der Waals surface area contributed by atoms with Gasteiger partial charge in [0.1, 0.15) is 10.7 Å². The molecule has 3 aromatic rings. The predicted octanol–water partition coefficient (Wildman–Crippen LogP) is 3.87. The van der Waals surface area contributed by atoms with Crippen molar-refractivity contribution in [3.63, 3.8) is 0 Å². The van der Waals surface area contributed by atoms with E-state index >= 15 is 0 Å². The first-order chi connectivity index (χ1) is 14.8. The third-order valence-electron chi connectivity index (χ3n) is 4.53. The topological polar surface area (TPSA) is 92.8 Å². The van der Waals surface area contributed by atoms with Crippen LogP contribution in [0.2, 0.25) is 0 Å². The number of rotatable bonds is 8. The second kappa shape index (κ2) is 9.54. The molecule has 10 heteroatoms. The van der Waals surface area contributed by atoms with E-state index in [1.54, 1.807) is 26.0 Å². The monoisotopic (exact) mass is 464 g/mol. The number of amides is 1. The maximum atomic E-state index is 13.8. The molecular weight excluding hydrogens is 443 g/mol. The molecule has 1 N–H and O–H groups in total. The molecule has 31 heavy (non-hydrogen) atoms. The molecule has 164 valence electrons. The first kappa shape index (κ1) is 22.9. The van der Waals surface area contributed by atoms with Crippen LogP contribution in [-0.2, 0) is 19.6 Å². The van der Waals surface area contributed by atoms with Gasteiger partial charge in [-0.15, -0.1) is 11.3 Å². The molecule has 0 aliphatic carbocycles. The van der Waals surface area contributed by atoms with Crippen molar-refractivity contribution in [1.82, 2.24) is 4.31 Å². The Balaban J connectivity index is 1.59. The second-order valence-electron chi connectivity index (χ2n) is 6.50. The van der Waals surface area contributed by atoms with Crippen molar-refractivity contribution in [2.24, 2.45) is 0 Å². The van der Waals surface area contributed by atoms with Crippen LogP contribution in [0.15, 0.2) is 53.4 Å². The van der Waals surface area contributed by atoms with Crippen LogP contribution < -0.4 is 5.32 Å². The summed E-state index contributed by atoms with van der Waals surface area (Å²) in [4.78, 5) is 24.6. The SMILES string of the molecule is CCN(CC)S(=O)(=O)c1ccc(NC(=O)COC(=O)c2cc3c(F)cccc3s2)cc1. The Morgan fingerprint density at radius 1 is 1.10 bits per heavy atom. The zero-order chi connectivity index (χ0) is 22.6. The van der Waals surface area contributed by atoms with Gasteiger partial charge in [0.05, 0.1) is 4.90 Å². The molecule has 0 spiro atoms. The number of halogens is 1. The maximum Gasteiger partial charge on any atom is 0.348 e. The molecule has 2 aromatic carbocycles. The molecule has 3 rings (SSSR count). The average molecular weight is 465 g/mol. The van der Waals surface area contributed by atoms with Gasteiger partial charge in [0.15, 0.2) is 6.61 Å². The fourth-order valence-electron chi connectivity index (χ4n) is 2.95. The number of sulfonamides is 1. The number of carbonyl (C=O) groups excluding carboxylic acids is 2. The van der Waals surface area contributed by atoms with Crippen LogP contribution >= 0.6 is 11.3 Å². The van der Waals surface area contributed by atoms with Crippen LogP contribution in [-0.4, -0.2) is 44.3 Å². The van der Waals surface area contributed by atoms with Gasteiger partial charge in [-0.2, -0.15) is 4.31 Å². The van der Waals surface area contributed by atoms with Gasteiger partial charge in [0, 0.05) is 28.9 Å². The molecule has 1 aromatic heterocycles. The van der Waals surface area contributed by atoms with Gasteiger partial charge in [-0.1, -0.05) is 19.9 Å². The molecule has 0 bridgehead atoms. The van der Waals surface area contributed by atoms with Crippen molar-refractivity contribution in [1.29, 1.82) is 0 Å². The summed E-state index contributed by atoms with van der Waals surface area (Å²) in [6, 6.07) is 11.7. The molecular formula is C21H21FN2O5S2. The number of thiophene rings is 1. The fraction of sp³-hybridized carbons (Fsp3) is 0.238. The summed E-state index contributed by atoms with van der Waals surface area (Å²) in [6.45, 7) is 3.69. The van der Waals surface area contributed by atoms with Crippen molar-refractivity contribution in [3.05, 3.63) is 59.2 Å². The molecule has 0 unspecified atom stereocenters. The summed E-state index contributed by atoms with van der Waals surface area (Å²) in [6.07, 6.45) is 0. The minimum absolute atomic E-state index is 0.123. The number of carbonyl (C=O) groups is 2. The summed E-state index contributed by atoms with van der Waals surface area (Å²) >= 11 is 1.08. The Kier molecular flexibility index (Phi) is 7.04. The lowest BCUT2D eigenvalue weighted by Gasteiger charge is -2.18. The summed E-state index contributed by atoms with van der Waals surface area (Å²) in [5.74, 6) is -1.74. The number of nitrogens with zero attached hydrogens (tertiary/aromatic N) is 1. The Labute approximate surface area is 183 Å². The highest BCUT2D eigenvalue weighted by Crippen LogP contribution is 2.28. The molecule has 0 saturated heterocycles. The van der Waals surface area contributed by atoms with Crippen molar-refractivity contribution in [2.75, 3.05) is 25.0 Å². The normalized spacial score (nSPS) is 11.6. The lowest BCUT2D eigenvalue weighted by Crippen LogP contribution is -2.30. The molecule has 0 saturated carbocycles. The number of anilines is 1. The van der Waals surface area contributed by atoms with E-state index in [0.29, 0.717) is 28.9 Å². The van der Waals surface area contributed by atoms with Crippen LogP contribution in [0.3, 0.4) is 0 Å². The predicted molar refractivity (Wildman–Crippen MR) is 117 cm³/mol. The van der Waals surface area contributed by atoms with Crippen LogP contribution in [0, 0.1) is 5.82 Å². The number of hydrogen-bond donors (Lipinski definition) is 1. The number of benzene rings is 2. The molecule has 0 atom stereocenters. The Bertz CT molecular complexity index is 1200. The first-order valence-corrected chi connectivity index (χ1v) is 11.8. The van der Waals surface area contributed by atoms with Crippen LogP contribution in [0.25, 0.3) is 10.1 Å². The van der Waals surface area contributed by atoms with E-state index in [1.807, 2.05) is 0 Å². The number of nitrogens with one attached hydrogen (secondary N) is 1. The Hall–Kier alpha value is -2.82. The molecule has 0 aliphatic heterocycles. The molecule has 1 amide bonds. The van der Waals surface area contributed by atoms with E-state index in [1.165, 1.54) is 40.7 Å². The zero-order valence-corrected chi connectivity index (χ0v) is 18.6. The van der Waals surface area contributed by atoms with Crippen molar-refractivity contribution < 1.29 is 27.1 Å². The van der Waals surface area contributed by atoms with Crippen molar-refractivity contribution in [2.45, 2.75) is 18.7 Å². The van der Waals surface area contributed by atoms with Crippen LogP contribution in [0.1, 0.15) is 23.5 Å². The molecule has 7 nitrogen and oxygen atoms in total. The van der Waals surface area contributed by atoms with Gasteiger partial charge in [0.25, 0.3) is 5.91 Å². The number of fused-ring (bicyclic) bond motifs is 1. The van der Waals surface area contributed by atoms with Gasteiger partial charge in [-0.3, -0.25) is 4.79 Å². The molecule has 0 aliphatic rings. The average Bonchev–Trinajstić information content (AvgIpc) is 3.19. The molecule has 0 radical (unpaired) electrons. The van der Waals surface area contributed by atoms with Crippen molar-refractivity contribution >= 4 is 49.0 Å². The van der Waals surface area contributed by atoms with Crippen LogP contribution in [0.4, 0.5) is 10.1 Å². The zero-order valence-electron chi connectivity index (χ0n) is 16.9. The minimum Gasteiger partial charge on any atom is -0.451 e. The Morgan fingerprint density at radius 2 is 1.77 bits per heavy atom. The van der Waals surface area contributed by atoms with Gasteiger partial charge >= 0.3 is 5.97 Å². The first-order valence-electron chi connectivity index (χ1n) is 9.51. The fourth-order valence-corrected chi connectivity index (χ4v) is 5.38. The summed E-state index contributed by atoms with van der Waals surface area (Å²) in [5.41, 5.74) is 0.364. The summed E-state index contributed by atoms with van der Waals surface area (Å²) in [5, 5.41) is 2.86. The molecule has 1 heterocycles. The summed E-state index contributed by atoms with van der Waals surface area (Å²) < 4.78 is 45.7. The Morgan fingerprint density at radius 3 is 2.39 bits per heavy atom. The van der Waals surface area contributed by atoms with Crippen LogP contribution in [0.5, 0.6) is 0 Å². The highest BCUT2D eigenvalue weighted by atomic mass is 32.2. The number of esters is 1. The van der Waals surface area contributed by atoms with Crippen molar-refractivity contribution in [3.8, 4) is 0 Å². The smallest absolute Gasteiger partial charge is 0.348 e. The van der Waals surface area contributed by atoms with E-state index in [0.717, 1.165) is 11.3 Å². The number of ether oxygens (including phenoxy) is 1. The largest absolute Gasteiger partial charge is 0.451 e. The van der Waals surface area contributed by atoms with Gasteiger partial charge in [0.2, 0.25) is 10.0 Å². The number of hydrogen-bond acceptors (Lipinski definition) is 6. The quantitative estimate of drug-likeness (QED) is 0.511. The molecule has 0 fully saturated rings. The van der Waals surface area contributed by atoms with E-state index in [2.05, 4.69) is 5.32 Å². The minimum atomic E-state index is -3.59. The second-order valence-corrected chi connectivity index (χ2v) is 9.52. The third kappa shape index (κ3) is 5.09. The lowest BCUT2D eigenvalue weighted by atomic mass is 10.2. The standard InChI is InChI=1S/C21H21FN2O5S2/c1-3-24(4-2)31(27,28)15-10-8-14(9-11-15)23-20(25)13-29-21(26)19-12-16-17(22)6-5-7-18(16)30-19/h5-12H,3-4,13H2,1-2H3,(H,23,25). The summed E-state index contributed by atoms with van der Waals surface area (Å²) in [7, 11) is -3.59. The van der Waals surface area contributed by atoms with Gasteiger partial charge in [-0.05, 0) is 42.5 Å². The highest BCUT2D eigenvalue weighted by Gasteiger charge is 2.21. The van der Waals surface area contributed by atoms with Gasteiger partial charge in [-0.25, -0.2) is 17.6 Å². The van der Waals surface area contributed by atoms with E-state index in [-0.39, 0.29) is 9.77 Å². The van der Waals surface area contributed by atoms with E-state index in [4.69, 9.17) is 4.74 Å². The van der Waals surface area contributed by atoms with Gasteiger partial charge < -0.3 is 10.1 Å². The van der Waals surface area contributed by atoms with E-state index < -0.39 is 34.3 Å². The van der Waals surface area contributed by atoms with E-state index in [9.17, 15) is 22.4 Å². The lowest BCUT2D eigenvalue weighted by molar-refractivity contribution is -0.119. The third-order valence-corrected chi connectivity index (χ3v) is 7.67. The highest BCUT2D eigenvalue weighted by molar-refractivity contribution is 7.89.